The van der Waals surface area contributed by atoms with Crippen molar-refractivity contribution < 1.29 is 4.74 Å². The molecular weight excluding hydrogens is 178 g/mol. The van der Waals surface area contributed by atoms with Gasteiger partial charge in [0.25, 0.3) is 0 Å². The lowest BCUT2D eigenvalue weighted by Gasteiger charge is -2.32. The van der Waals surface area contributed by atoms with Crippen molar-refractivity contribution in [3.8, 4) is 0 Å². The van der Waals surface area contributed by atoms with Crippen LogP contribution in [-0.4, -0.2) is 28.9 Å². The minimum Gasteiger partial charge on any atom is -0.359 e. The second kappa shape index (κ2) is 3.55. The first kappa shape index (κ1) is 9.43. The minimum absolute atomic E-state index is 0.130. The van der Waals surface area contributed by atoms with Gasteiger partial charge in [-0.15, -0.1) is 6.58 Å². The van der Waals surface area contributed by atoms with Crippen molar-refractivity contribution in [2.75, 3.05) is 13.2 Å². The predicted octanol–water partition coefficient (Wildman–Crippen LogP) is 0.544. The third-order valence-corrected chi connectivity index (χ3v) is 2.51. The van der Waals surface area contributed by atoms with Gasteiger partial charge in [-0.2, -0.15) is 0 Å². The van der Waals surface area contributed by atoms with Gasteiger partial charge in [-0.05, 0) is 6.92 Å². The Morgan fingerprint density at radius 3 is 3.07 bits per heavy atom. The number of hydrogen-bond donors (Lipinski definition) is 1. The Morgan fingerprint density at radius 2 is 2.57 bits per heavy atom. The maximum absolute atomic E-state index is 5.54. The van der Waals surface area contributed by atoms with Gasteiger partial charge < -0.3 is 9.30 Å². The van der Waals surface area contributed by atoms with Crippen LogP contribution in [0.15, 0.2) is 31.4 Å². The van der Waals surface area contributed by atoms with Crippen LogP contribution in [0.2, 0.25) is 0 Å². The second-order valence-electron chi connectivity index (χ2n) is 3.37. The summed E-state index contributed by atoms with van der Waals surface area (Å²) in [6, 6.07) is 0. The molecule has 4 nitrogen and oxygen atoms in total. The van der Waals surface area contributed by atoms with E-state index < -0.39 is 5.54 Å². The van der Waals surface area contributed by atoms with Gasteiger partial charge in [-0.25, -0.2) is 4.98 Å². The quantitative estimate of drug-likeness (QED) is 0.711. The molecule has 75 valence electrons. The zero-order valence-corrected chi connectivity index (χ0v) is 8.02. The molecule has 0 aromatic carbocycles. The summed E-state index contributed by atoms with van der Waals surface area (Å²) >= 11 is 0. The van der Waals surface area contributed by atoms with E-state index in [2.05, 4.69) is 23.8 Å². The Morgan fingerprint density at radius 1 is 1.71 bits per heavy atom. The topological polar surface area (TPSA) is 39.1 Å². The Bertz CT molecular complexity index is 303. The van der Waals surface area contributed by atoms with Crippen molar-refractivity contribution in [1.29, 1.82) is 0 Å². The molecular formula is C10H14N3O. The molecule has 1 fully saturated rings. The van der Waals surface area contributed by atoms with Crippen LogP contribution in [0.25, 0.3) is 0 Å². The largest absolute Gasteiger partial charge is 0.359 e. The van der Waals surface area contributed by atoms with E-state index in [1.807, 2.05) is 10.8 Å². The number of rotatable bonds is 3. The first-order valence-corrected chi connectivity index (χ1v) is 4.60. The van der Waals surface area contributed by atoms with Crippen molar-refractivity contribution in [2.24, 2.45) is 0 Å². The van der Waals surface area contributed by atoms with Gasteiger partial charge in [0.2, 0.25) is 0 Å². The van der Waals surface area contributed by atoms with E-state index in [0.717, 1.165) is 6.54 Å². The van der Waals surface area contributed by atoms with E-state index in [0.29, 0.717) is 6.61 Å². The van der Waals surface area contributed by atoms with E-state index in [-0.39, 0.29) is 6.23 Å². The molecule has 1 aliphatic rings. The highest BCUT2D eigenvalue weighted by molar-refractivity contribution is 5.10. The highest BCUT2D eigenvalue weighted by Gasteiger charge is 2.35. The van der Waals surface area contributed by atoms with Crippen molar-refractivity contribution in [2.45, 2.75) is 11.8 Å². The average molecular weight is 192 g/mol. The number of ether oxygens (including phenoxy) is 1. The van der Waals surface area contributed by atoms with Gasteiger partial charge >= 0.3 is 0 Å². The van der Waals surface area contributed by atoms with Gasteiger partial charge in [0.15, 0.2) is 0 Å². The van der Waals surface area contributed by atoms with E-state index in [1.54, 1.807) is 18.6 Å². The number of hydrogen-bond acceptors (Lipinski definition) is 3. The number of nitrogens with one attached hydrogen (secondary N) is 1. The van der Waals surface area contributed by atoms with Crippen LogP contribution in [0, 0.1) is 6.92 Å². The van der Waals surface area contributed by atoms with Crippen molar-refractivity contribution in [1.82, 2.24) is 14.9 Å². The average Bonchev–Trinajstić information content (AvgIpc) is 2.88. The Hall–Kier alpha value is -1.13. The maximum atomic E-state index is 5.54. The molecule has 1 aromatic rings. The monoisotopic (exact) mass is 192 g/mol. The summed E-state index contributed by atoms with van der Waals surface area (Å²) in [6.07, 6.45) is 6.95. The Balaban J connectivity index is 2.28. The molecule has 0 amide bonds. The third kappa shape index (κ3) is 1.36. The summed E-state index contributed by atoms with van der Waals surface area (Å²) in [5.74, 6) is 0. The zero-order chi connectivity index (χ0) is 10.0. The SMILES string of the molecule is [CH2]C(C=C)(C1NCCO1)n1ccnc1. The van der Waals surface area contributed by atoms with Crippen molar-refractivity contribution in [3.63, 3.8) is 0 Å². The molecule has 2 atom stereocenters. The normalized spacial score (nSPS) is 25.9. The first-order chi connectivity index (χ1) is 6.77. The molecule has 1 aliphatic heterocycles. The molecule has 2 rings (SSSR count). The Kier molecular flexibility index (Phi) is 2.39. The summed E-state index contributed by atoms with van der Waals surface area (Å²) in [7, 11) is 0. The van der Waals surface area contributed by atoms with Crippen LogP contribution in [0.1, 0.15) is 0 Å². The lowest BCUT2D eigenvalue weighted by Crippen LogP contribution is -2.46. The summed E-state index contributed by atoms with van der Waals surface area (Å²) in [6.45, 7) is 9.50. The number of nitrogens with zero attached hydrogens (tertiary/aromatic N) is 2. The van der Waals surface area contributed by atoms with E-state index in [9.17, 15) is 0 Å². The van der Waals surface area contributed by atoms with Gasteiger partial charge in [0.1, 0.15) is 11.8 Å². The molecule has 0 spiro atoms. The molecule has 1 saturated heterocycles. The van der Waals surface area contributed by atoms with E-state index in [4.69, 9.17) is 4.74 Å². The van der Waals surface area contributed by atoms with Crippen LogP contribution in [0.5, 0.6) is 0 Å². The van der Waals surface area contributed by atoms with Crippen LogP contribution < -0.4 is 5.32 Å². The zero-order valence-electron chi connectivity index (χ0n) is 8.02. The summed E-state index contributed by atoms with van der Waals surface area (Å²) < 4.78 is 7.43. The maximum Gasteiger partial charge on any atom is 0.135 e. The molecule has 1 aromatic heterocycles. The lowest BCUT2D eigenvalue weighted by molar-refractivity contribution is 0.0404. The molecule has 1 N–H and O–H groups in total. The van der Waals surface area contributed by atoms with Crippen LogP contribution in [0.4, 0.5) is 0 Å². The predicted molar refractivity (Wildman–Crippen MR) is 53.5 cm³/mol. The fourth-order valence-corrected chi connectivity index (χ4v) is 1.60. The second-order valence-corrected chi connectivity index (χ2v) is 3.37. The summed E-state index contributed by atoms with van der Waals surface area (Å²) in [5, 5.41) is 3.23. The van der Waals surface area contributed by atoms with E-state index in [1.165, 1.54) is 0 Å². The van der Waals surface area contributed by atoms with Crippen molar-refractivity contribution in [3.05, 3.63) is 38.3 Å². The minimum atomic E-state index is -0.521. The van der Waals surface area contributed by atoms with Gasteiger partial charge in [-0.3, -0.25) is 5.32 Å². The molecule has 0 saturated carbocycles. The lowest BCUT2D eigenvalue weighted by atomic mass is 10.0. The number of imidazole rings is 1. The van der Waals surface area contributed by atoms with Crippen LogP contribution in [-0.2, 0) is 10.3 Å². The Labute approximate surface area is 83.6 Å². The fourth-order valence-electron chi connectivity index (χ4n) is 1.60. The summed E-state index contributed by atoms with van der Waals surface area (Å²) in [4.78, 5) is 4.00. The highest BCUT2D eigenvalue weighted by atomic mass is 16.5. The van der Waals surface area contributed by atoms with E-state index >= 15 is 0 Å². The molecule has 2 unspecified atom stereocenters. The molecule has 0 bridgehead atoms. The smallest absolute Gasteiger partial charge is 0.135 e. The molecule has 14 heavy (non-hydrogen) atoms. The highest BCUT2D eigenvalue weighted by Crippen LogP contribution is 2.23. The van der Waals surface area contributed by atoms with Crippen LogP contribution in [0.3, 0.4) is 0 Å². The molecule has 2 heterocycles. The number of aromatic nitrogens is 2. The van der Waals surface area contributed by atoms with Gasteiger partial charge in [0.05, 0.1) is 12.9 Å². The third-order valence-electron chi connectivity index (χ3n) is 2.51. The van der Waals surface area contributed by atoms with Gasteiger partial charge in [-0.1, -0.05) is 6.08 Å². The van der Waals surface area contributed by atoms with Gasteiger partial charge in [0, 0.05) is 18.9 Å². The first-order valence-electron chi connectivity index (χ1n) is 4.60. The van der Waals surface area contributed by atoms with Crippen LogP contribution >= 0.6 is 0 Å². The summed E-state index contributed by atoms with van der Waals surface area (Å²) in [5.41, 5.74) is -0.521. The fraction of sp³-hybridized carbons (Fsp3) is 0.400. The molecule has 0 aliphatic carbocycles. The van der Waals surface area contributed by atoms with Crippen molar-refractivity contribution >= 4 is 0 Å². The molecule has 4 heteroatoms. The molecule has 1 radical (unpaired) electrons. The standard InChI is InChI=1S/C10H14N3O/c1-3-10(2,9-12-5-7-14-9)13-6-4-11-8-13/h3-4,6,8-9,12H,1-2,5,7H2.